The molecule has 0 aromatic rings. The molecule has 76 heavy (non-hydrogen) atoms. The zero-order chi connectivity index (χ0) is 55.6. The van der Waals surface area contributed by atoms with Gasteiger partial charge in [0.15, 0.2) is 6.10 Å². The van der Waals surface area contributed by atoms with E-state index in [0.29, 0.717) is 17.4 Å². The number of phosphoric ester groups is 1. The first kappa shape index (κ1) is 74.0. The molecule has 0 aromatic heterocycles. The number of ether oxygens (including phenoxy) is 2. The normalized spacial score (nSPS) is 13.5. The van der Waals surface area contributed by atoms with Crippen LogP contribution in [0, 0.1) is 0 Å². The third kappa shape index (κ3) is 61.2. The van der Waals surface area contributed by atoms with E-state index in [9.17, 15) is 19.0 Å². The molecule has 0 saturated carbocycles. The van der Waals surface area contributed by atoms with E-state index in [1.54, 1.807) is 0 Å². The summed E-state index contributed by atoms with van der Waals surface area (Å²) in [5.74, 6) is -0.836. The maximum Gasteiger partial charge on any atom is 0.472 e. The summed E-state index contributed by atoms with van der Waals surface area (Å²) in [6, 6.07) is 0. The molecule has 0 fully saturated rings. The van der Waals surface area contributed by atoms with Gasteiger partial charge in [0.2, 0.25) is 0 Å². The van der Waals surface area contributed by atoms with Gasteiger partial charge >= 0.3 is 19.8 Å². The maximum absolute atomic E-state index is 12.8. The van der Waals surface area contributed by atoms with Crippen molar-refractivity contribution in [1.82, 2.24) is 0 Å². The van der Waals surface area contributed by atoms with Crippen molar-refractivity contribution in [3.63, 3.8) is 0 Å². The first-order valence-electron chi connectivity index (χ1n) is 32.4. The molecule has 0 spiro atoms. The van der Waals surface area contributed by atoms with Gasteiger partial charge in [0.05, 0.1) is 27.7 Å². The molecule has 0 amide bonds. The zero-order valence-corrected chi connectivity index (χ0v) is 51.6. The van der Waals surface area contributed by atoms with E-state index in [4.69, 9.17) is 18.5 Å². The van der Waals surface area contributed by atoms with Gasteiger partial charge in [0.25, 0.3) is 0 Å². The summed E-state index contributed by atoms with van der Waals surface area (Å²) in [6.45, 7) is 4.30. The quantitative estimate of drug-likeness (QED) is 0.0211. The third-order valence-electron chi connectivity index (χ3n) is 14.4. The Labute approximate surface area is 471 Å². The van der Waals surface area contributed by atoms with Crippen molar-refractivity contribution in [2.24, 2.45) is 0 Å². The van der Waals surface area contributed by atoms with Crippen LogP contribution in [0.2, 0.25) is 0 Å². The second-order valence-corrected chi connectivity index (χ2v) is 24.6. The highest BCUT2D eigenvalue weighted by Gasteiger charge is 2.27. The Hall–Kier alpha value is -2.03. The van der Waals surface area contributed by atoms with E-state index in [0.717, 1.165) is 57.8 Å². The predicted molar refractivity (Wildman–Crippen MR) is 326 cm³/mol. The van der Waals surface area contributed by atoms with Gasteiger partial charge < -0.3 is 18.9 Å². The van der Waals surface area contributed by atoms with Crippen LogP contribution >= 0.6 is 7.82 Å². The molecule has 0 aliphatic rings. The number of quaternary nitrogens is 1. The lowest BCUT2D eigenvalue weighted by atomic mass is 10.0. The van der Waals surface area contributed by atoms with Crippen molar-refractivity contribution in [2.75, 3.05) is 47.5 Å². The fraction of sp³-hybridized carbons (Fsp3) is 0.848. The molecule has 0 radical (unpaired) electrons. The molecule has 446 valence electrons. The molecular formula is C66H125NO8P+. The number of allylic oxidation sites excluding steroid dienone is 8. The molecule has 0 saturated heterocycles. The molecule has 2 unspecified atom stereocenters. The molecular weight excluding hydrogens is 966 g/mol. The number of unbranched alkanes of at least 4 members (excludes halogenated alkanes) is 38. The molecule has 2 atom stereocenters. The predicted octanol–water partition coefficient (Wildman–Crippen LogP) is 20.5. The van der Waals surface area contributed by atoms with Crippen LogP contribution in [-0.2, 0) is 32.7 Å². The van der Waals surface area contributed by atoms with Crippen LogP contribution in [0.15, 0.2) is 48.6 Å². The van der Waals surface area contributed by atoms with Crippen LogP contribution < -0.4 is 0 Å². The SMILES string of the molecule is CC/C=C\C/C=C\C/C=C\C/C=C\CCCCC(=O)OC(COC(=O)CCCCCCCCCCCCCCCCCCCCCCCCCCCCCCCCCCCCCCC)COP(=O)(O)OCC[N+](C)(C)C. The summed E-state index contributed by atoms with van der Waals surface area (Å²) in [6.07, 6.45) is 73.9. The van der Waals surface area contributed by atoms with E-state index in [1.165, 1.54) is 218 Å². The van der Waals surface area contributed by atoms with Crippen LogP contribution in [0.1, 0.15) is 309 Å². The lowest BCUT2D eigenvalue weighted by Gasteiger charge is -2.24. The van der Waals surface area contributed by atoms with Crippen molar-refractivity contribution in [1.29, 1.82) is 0 Å². The number of rotatable bonds is 60. The average Bonchev–Trinajstić information content (AvgIpc) is 3.38. The summed E-state index contributed by atoms with van der Waals surface area (Å²) in [5, 5.41) is 0. The largest absolute Gasteiger partial charge is 0.472 e. The molecule has 9 nitrogen and oxygen atoms in total. The monoisotopic (exact) mass is 1090 g/mol. The first-order chi connectivity index (χ1) is 37.0. The molecule has 1 N–H and O–H groups in total. The molecule has 0 bridgehead atoms. The van der Waals surface area contributed by atoms with Gasteiger partial charge in [-0.25, -0.2) is 4.57 Å². The van der Waals surface area contributed by atoms with Gasteiger partial charge in [-0.1, -0.05) is 294 Å². The number of hydrogen-bond acceptors (Lipinski definition) is 7. The van der Waals surface area contributed by atoms with E-state index >= 15 is 0 Å². The lowest BCUT2D eigenvalue weighted by molar-refractivity contribution is -0.870. The standard InChI is InChI=1S/C66H124NO8P/c1-6-8-10-12-14-16-18-20-22-23-24-25-26-27-28-29-30-31-32-33-34-35-36-37-38-39-40-41-42-43-45-46-48-50-52-54-56-58-65(68)72-62-64(63-74-76(70,71)73-61-60-67(3,4)5)75-66(69)59-57-55-53-51-49-47-44-21-19-17-15-13-11-9-7-2/h9,11,15,17,21,44,49,51,64H,6-8,10,12-14,16,18-20,22-43,45-48,50,52-63H2,1-5H3/p+1/b11-9-,17-15-,44-21-,51-49-. The van der Waals surface area contributed by atoms with E-state index < -0.39 is 26.5 Å². The van der Waals surface area contributed by atoms with Gasteiger partial charge in [-0.3, -0.25) is 18.6 Å². The van der Waals surface area contributed by atoms with Crippen LogP contribution in [0.4, 0.5) is 0 Å². The third-order valence-corrected chi connectivity index (χ3v) is 15.4. The van der Waals surface area contributed by atoms with Gasteiger partial charge in [-0.05, 0) is 51.4 Å². The van der Waals surface area contributed by atoms with Crippen molar-refractivity contribution < 1.29 is 42.1 Å². The maximum atomic E-state index is 12.8. The fourth-order valence-electron chi connectivity index (χ4n) is 9.42. The minimum Gasteiger partial charge on any atom is -0.462 e. The molecule has 0 aromatic carbocycles. The number of esters is 2. The van der Waals surface area contributed by atoms with Crippen LogP contribution in [0.3, 0.4) is 0 Å². The Morgan fingerprint density at radius 2 is 0.750 bits per heavy atom. The summed E-state index contributed by atoms with van der Waals surface area (Å²) in [4.78, 5) is 35.6. The van der Waals surface area contributed by atoms with Crippen molar-refractivity contribution >= 4 is 19.8 Å². The summed E-state index contributed by atoms with van der Waals surface area (Å²) in [7, 11) is 1.46. The van der Waals surface area contributed by atoms with E-state index in [2.05, 4.69) is 62.5 Å². The fourth-order valence-corrected chi connectivity index (χ4v) is 10.2. The number of nitrogens with zero attached hydrogens (tertiary/aromatic N) is 1. The second kappa shape index (κ2) is 57.6. The number of hydrogen-bond donors (Lipinski definition) is 1. The number of carbonyl (C=O) groups is 2. The molecule has 10 heteroatoms. The Bertz CT molecular complexity index is 1420. The summed E-state index contributed by atoms with van der Waals surface area (Å²) >= 11 is 0. The highest BCUT2D eigenvalue weighted by atomic mass is 31.2. The molecule has 0 aliphatic heterocycles. The van der Waals surface area contributed by atoms with Gasteiger partial charge in [-0.15, -0.1) is 0 Å². The highest BCUT2D eigenvalue weighted by molar-refractivity contribution is 7.47. The topological polar surface area (TPSA) is 108 Å². The van der Waals surface area contributed by atoms with Crippen molar-refractivity contribution in [3.05, 3.63) is 48.6 Å². The average molecular weight is 1090 g/mol. The van der Waals surface area contributed by atoms with Crippen molar-refractivity contribution in [2.45, 2.75) is 315 Å². The van der Waals surface area contributed by atoms with Gasteiger partial charge in [0, 0.05) is 12.8 Å². The minimum atomic E-state index is -4.40. The van der Waals surface area contributed by atoms with Gasteiger partial charge in [0.1, 0.15) is 19.8 Å². The first-order valence-corrected chi connectivity index (χ1v) is 33.9. The lowest BCUT2D eigenvalue weighted by Crippen LogP contribution is -2.37. The number of likely N-dealkylation sites (N-methyl/N-ethyl adjacent to an activating group) is 1. The minimum absolute atomic E-state index is 0.0236. The molecule has 0 heterocycles. The van der Waals surface area contributed by atoms with E-state index in [1.807, 2.05) is 21.1 Å². The summed E-state index contributed by atoms with van der Waals surface area (Å²) in [5.41, 5.74) is 0. The Morgan fingerprint density at radius 3 is 1.12 bits per heavy atom. The van der Waals surface area contributed by atoms with Crippen molar-refractivity contribution in [3.8, 4) is 0 Å². The smallest absolute Gasteiger partial charge is 0.462 e. The number of carbonyl (C=O) groups excluding carboxylic acids is 2. The van der Waals surface area contributed by atoms with Crippen LogP contribution in [0.5, 0.6) is 0 Å². The molecule has 0 rings (SSSR count). The highest BCUT2D eigenvalue weighted by Crippen LogP contribution is 2.43. The van der Waals surface area contributed by atoms with Crippen LogP contribution in [0.25, 0.3) is 0 Å². The van der Waals surface area contributed by atoms with Crippen LogP contribution in [-0.4, -0.2) is 74.9 Å². The molecule has 0 aliphatic carbocycles. The number of phosphoric acid groups is 1. The summed E-state index contributed by atoms with van der Waals surface area (Å²) < 4.78 is 34.5. The van der Waals surface area contributed by atoms with E-state index in [-0.39, 0.29) is 32.0 Å². The Balaban J connectivity index is 3.90. The Kier molecular flexibility index (Phi) is 56.1. The second-order valence-electron chi connectivity index (χ2n) is 23.1. The van der Waals surface area contributed by atoms with Gasteiger partial charge in [-0.2, -0.15) is 0 Å². The zero-order valence-electron chi connectivity index (χ0n) is 50.8. The Morgan fingerprint density at radius 1 is 0.421 bits per heavy atom.